The van der Waals surface area contributed by atoms with Crippen LogP contribution in [0.3, 0.4) is 0 Å². The van der Waals surface area contributed by atoms with Crippen molar-refractivity contribution in [2.75, 3.05) is 19.6 Å². The monoisotopic (exact) mass is 326 g/mol. The minimum Gasteiger partial charge on any atom is -0.354 e. The van der Waals surface area contributed by atoms with E-state index in [9.17, 15) is 9.59 Å². The predicted molar refractivity (Wildman–Crippen MR) is 90.2 cm³/mol. The highest BCUT2D eigenvalue weighted by Crippen LogP contribution is 2.27. The van der Waals surface area contributed by atoms with Crippen LogP contribution in [0.15, 0.2) is 49.1 Å². The Morgan fingerprint density at radius 3 is 2.88 bits per heavy atom. The summed E-state index contributed by atoms with van der Waals surface area (Å²) in [5, 5.41) is 2.88. The molecule has 1 aliphatic rings. The number of carbonyl (C=O) groups is 2. The second-order valence-corrected chi connectivity index (χ2v) is 6.09. The van der Waals surface area contributed by atoms with E-state index in [2.05, 4.69) is 10.3 Å². The Morgan fingerprint density at radius 1 is 1.29 bits per heavy atom. The van der Waals surface area contributed by atoms with Gasteiger partial charge in [-0.25, -0.2) is 4.98 Å². The molecule has 1 atom stereocenters. The molecule has 6 nitrogen and oxygen atoms in total. The summed E-state index contributed by atoms with van der Waals surface area (Å²) in [6.07, 6.45) is 6.71. The summed E-state index contributed by atoms with van der Waals surface area (Å²) in [7, 11) is 0. The fraction of sp³-hybridized carbons (Fsp3) is 0.389. The number of aromatic nitrogens is 2. The lowest BCUT2D eigenvalue weighted by atomic mass is 9.99. The minimum absolute atomic E-state index is 0.0532. The Balaban J connectivity index is 1.40. The van der Waals surface area contributed by atoms with E-state index < -0.39 is 0 Å². The summed E-state index contributed by atoms with van der Waals surface area (Å²) >= 11 is 0. The minimum atomic E-state index is -0.0947. The number of rotatable bonds is 7. The quantitative estimate of drug-likeness (QED) is 0.782. The van der Waals surface area contributed by atoms with Crippen molar-refractivity contribution in [3.8, 4) is 0 Å². The number of benzene rings is 1. The van der Waals surface area contributed by atoms with E-state index in [1.54, 1.807) is 17.4 Å². The van der Waals surface area contributed by atoms with Crippen LogP contribution in [-0.2, 0) is 16.1 Å². The number of likely N-dealkylation sites (tertiary alicyclic amines) is 1. The van der Waals surface area contributed by atoms with E-state index in [1.807, 2.05) is 41.1 Å². The van der Waals surface area contributed by atoms with Gasteiger partial charge in [-0.15, -0.1) is 0 Å². The number of hydrogen-bond donors (Lipinski definition) is 1. The predicted octanol–water partition coefficient (Wildman–Crippen LogP) is 1.41. The third-order valence-corrected chi connectivity index (χ3v) is 4.29. The van der Waals surface area contributed by atoms with Crippen molar-refractivity contribution in [2.45, 2.75) is 25.3 Å². The molecule has 1 fully saturated rings. The van der Waals surface area contributed by atoms with Gasteiger partial charge >= 0.3 is 0 Å². The molecule has 0 aliphatic carbocycles. The zero-order valence-corrected chi connectivity index (χ0v) is 13.6. The van der Waals surface area contributed by atoms with Crippen LogP contribution in [0.25, 0.3) is 0 Å². The van der Waals surface area contributed by atoms with Crippen LogP contribution in [-0.4, -0.2) is 45.9 Å². The van der Waals surface area contributed by atoms with Crippen LogP contribution in [0.5, 0.6) is 0 Å². The van der Waals surface area contributed by atoms with Gasteiger partial charge in [0.15, 0.2) is 0 Å². The molecule has 1 saturated heterocycles. The molecule has 1 aromatic carbocycles. The van der Waals surface area contributed by atoms with Gasteiger partial charge in [-0.05, 0) is 12.0 Å². The van der Waals surface area contributed by atoms with Crippen molar-refractivity contribution in [2.24, 2.45) is 0 Å². The molecule has 0 unspecified atom stereocenters. The maximum absolute atomic E-state index is 12.1. The highest BCUT2D eigenvalue weighted by Gasteiger charge is 2.31. The van der Waals surface area contributed by atoms with E-state index in [4.69, 9.17) is 0 Å². The fourth-order valence-electron chi connectivity index (χ4n) is 3.01. The molecule has 3 rings (SSSR count). The van der Waals surface area contributed by atoms with Crippen LogP contribution in [0, 0.1) is 0 Å². The molecule has 6 heteroatoms. The van der Waals surface area contributed by atoms with Crippen molar-refractivity contribution < 1.29 is 9.59 Å². The molecule has 2 heterocycles. The van der Waals surface area contributed by atoms with E-state index in [0.717, 1.165) is 18.5 Å². The lowest BCUT2D eigenvalue weighted by molar-refractivity contribution is -0.133. The normalized spacial score (nSPS) is 17.2. The lowest BCUT2D eigenvalue weighted by Crippen LogP contribution is -2.38. The van der Waals surface area contributed by atoms with Gasteiger partial charge in [0.05, 0.1) is 12.9 Å². The lowest BCUT2D eigenvalue weighted by Gasteiger charge is -2.16. The van der Waals surface area contributed by atoms with E-state index in [0.29, 0.717) is 19.5 Å². The maximum atomic E-state index is 12.1. The van der Waals surface area contributed by atoms with Gasteiger partial charge in [0, 0.05) is 44.4 Å². The summed E-state index contributed by atoms with van der Waals surface area (Å²) in [5.74, 6) is 0.146. The molecule has 1 aromatic heterocycles. The average Bonchev–Trinajstić information content (AvgIpc) is 3.23. The first kappa shape index (κ1) is 16.2. The van der Waals surface area contributed by atoms with Crippen molar-refractivity contribution in [1.82, 2.24) is 19.8 Å². The van der Waals surface area contributed by atoms with Gasteiger partial charge in [-0.3, -0.25) is 9.59 Å². The van der Waals surface area contributed by atoms with Crippen molar-refractivity contribution in [3.05, 3.63) is 54.6 Å². The highest BCUT2D eigenvalue weighted by molar-refractivity contribution is 5.86. The molecule has 2 aromatic rings. The zero-order chi connectivity index (χ0) is 16.8. The SMILES string of the molecule is O=C(CN1C[C@H](c2ccccc2)CC1=O)NCCCn1ccnc1. The number of nitrogens with one attached hydrogen (secondary N) is 1. The van der Waals surface area contributed by atoms with Crippen molar-refractivity contribution in [1.29, 1.82) is 0 Å². The van der Waals surface area contributed by atoms with Gasteiger partial charge in [-0.1, -0.05) is 30.3 Å². The largest absolute Gasteiger partial charge is 0.354 e. The Labute approximate surface area is 141 Å². The Bertz CT molecular complexity index is 670. The summed E-state index contributed by atoms with van der Waals surface area (Å²) in [5.41, 5.74) is 1.16. The molecular formula is C18H22N4O2. The van der Waals surface area contributed by atoms with Crippen LogP contribution >= 0.6 is 0 Å². The molecule has 0 saturated carbocycles. The number of nitrogens with zero attached hydrogens (tertiary/aromatic N) is 3. The Kier molecular flexibility index (Phi) is 5.25. The number of imidazole rings is 1. The molecule has 1 N–H and O–H groups in total. The molecule has 0 radical (unpaired) electrons. The first-order valence-corrected chi connectivity index (χ1v) is 8.27. The summed E-state index contributed by atoms with van der Waals surface area (Å²) in [4.78, 5) is 29.8. The zero-order valence-electron chi connectivity index (χ0n) is 13.6. The first-order chi connectivity index (χ1) is 11.7. The van der Waals surface area contributed by atoms with E-state index >= 15 is 0 Å². The molecule has 2 amide bonds. The van der Waals surface area contributed by atoms with Crippen LogP contribution < -0.4 is 5.32 Å². The Hall–Kier alpha value is -2.63. The van der Waals surface area contributed by atoms with Crippen LogP contribution in [0.2, 0.25) is 0 Å². The molecular weight excluding hydrogens is 304 g/mol. The van der Waals surface area contributed by atoms with Gasteiger partial charge < -0.3 is 14.8 Å². The molecule has 24 heavy (non-hydrogen) atoms. The third-order valence-electron chi connectivity index (χ3n) is 4.29. The molecule has 0 spiro atoms. The van der Waals surface area contributed by atoms with Gasteiger partial charge in [0.1, 0.15) is 0 Å². The highest BCUT2D eigenvalue weighted by atomic mass is 16.2. The number of aryl methyl sites for hydroxylation is 1. The van der Waals surface area contributed by atoms with E-state index in [1.165, 1.54) is 0 Å². The number of carbonyl (C=O) groups excluding carboxylic acids is 2. The number of amides is 2. The summed E-state index contributed by atoms with van der Waals surface area (Å²) < 4.78 is 1.97. The van der Waals surface area contributed by atoms with Crippen molar-refractivity contribution >= 4 is 11.8 Å². The summed E-state index contributed by atoms with van der Waals surface area (Å²) in [6.45, 7) is 2.18. The second-order valence-electron chi connectivity index (χ2n) is 6.09. The summed E-state index contributed by atoms with van der Waals surface area (Å²) in [6, 6.07) is 10.0. The van der Waals surface area contributed by atoms with Gasteiger partial charge in [0.2, 0.25) is 11.8 Å². The second kappa shape index (κ2) is 7.77. The first-order valence-electron chi connectivity index (χ1n) is 8.27. The Morgan fingerprint density at radius 2 is 2.12 bits per heavy atom. The average molecular weight is 326 g/mol. The topological polar surface area (TPSA) is 67.2 Å². The van der Waals surface area contributed by atoms with Crippen molar-refractivity contribution in [3.63, 3.8) is 0 Å². The molecule has 126 valence electrons. The molecule has 0 bridgehead atoms. The number of hydrogen-bond acceptors (Lipinski definition) is 3. The van der Waals surface area contributed by atoms with Crippen LogP contribution in [0.1, 0.15) is 24.3 Å². The van der Waals surface area contributed by atoms with Gasteiger partial charge in [0.25, 0.3) is 0 Å². The molecule has 1 aliphatic heterocycles. The third kappa shape index (κ3) is 4.22. The van der Waals surface area contributed by atoms with Crippen LogP contribution in [0.4, 0.5) is 0 Å². The maximum Gasteiger partial charge on any atom is 0.239 e. The standard InChI is InChI=1S/C18H22N4O2/c23-17(20-7-4-9-21-10-8-19-14-21)13-22-12-16(11-18(22)24)15-5-2-1-3-6-15/h1-3,5-6,8,10,14,16H,4,7,9,11-13H2,(H,20,23)/t16-/m1/s1. The van der Waals surface area contributed by atoms with Gasteiger partial charge in [-0.2, -0.15) is 0 Å². The smallest absolute Gasteiger partial charge is 0.239 e. The fourth-order valence-corrected chi connectivity index (χ4v) is 3.01. The van der Waals surface area contributed by atoms with E-state index in [-0.39, 0.29) is 24.3 Å².